The second-order valence-corrected chi connectivity index (χ2v) is 7.41. The minimum Gasteiger partial charge on any atom is -0.322 e. The predicted octanol–water partition coefficient (Wildman–Crippen LogP) is 5.69. The molecule has 0 aliphatic carbocycles. The van der Waals surface area contributed by atoms with Crippen LogP contribution in [0.2, 0.25) is 0 Å². The third-order valence-electron chi connectivity index (χ3n) is 5.39. The molecule has 0 radical (unpaired) electrons. The molecule has 9 heteroatoms. The molecule has 0 aliphatic heterocycles. The van der Waals surface area contributed by atoms with Crippen LogP contribution in [-0.4, -0.2) is 26.3 Å². The molecule has 6 nitrogen and oxygen atoms in total. The van der Waals surface area contributed by atoms with Gasteiger partial charge in [-0.25, -0.2) is 0 Å². The third-order valence-corrected chi connectivity index (χ3v) is 5.39. The number of rotatable bonds is 3. The molecule has 5 aromatic rings. The molecule has 0 bridgehead atoms. The van der Waals surface area contributed by atoms with Crippen molar-refractivity contribution in [3.05, 3.63) is 77.5 Å². The first-order valence-corrected chi connectivity index (χ1v) is 9.71. The second-order valence-electron chi connectivity index (χ2n) is 7.41. The Bertz CT molecular complexity index is 1470. The van der Waals surface area contributed by atoms with Crippen LogP contribution in [0.4, 0.5) is 18.9 Å². The summed E-state index contributed by atoms with van der Waals surface area (Å²) in [5.74, 6) is -0.851. The van der Waals surface area contributed by atoms with Gasteiger partial charge < -0.3 is 5.32 Å². The molecule has 0 saturated carbocycles. The molecule has 2 aromatic heterocycles. The van der Waals surface area contributed by atoms with E-state index in [4.69, 9.17) is 0 Å². The lowest BCUT2D eigenvalue weighted by atomic mass is 9.97. The molecule has 3 N–H and O–H groups in total. The first-order valence-electron chi connectivity index (χ1n) is 9.71. The summed E-state index contributed by atoms with van der Waals surface area (Å²) in [5.41, 5.74) is 1.79. The fourth-order valence-corrected chi connectivity index (χ4v) is 3.88. The standard InChI is InChI=1S/C23H16F3N5O/c1-12-19(17(23(24,25)26)9-14-11-27-30-20(12)14)22(32)28-15-7-8-18-16(10-15)21(31-29-18)13-5-3-2-4-6-13/h2-11H,1H3,(H,27,30)(H,28,32)(H,29,31). The summed E-state index contributed by atoms with van der Waals surface area (Å²) in [7, 11) is 0. The SMILES string of the molecule is Cc1c(C(=O)Nc2ccc3[nH]nc(-c4ccccc4)c3c2)c(C(F)(F)F)cc2cn[nH]c12. The molecule has 0 spiro atoms. The zero-order chi connectivity index (χ0) is 22.5. The van der Waals surface area contributed by atoms with Crippen LogP contribution in [0.3, 0.4) is 0 Å². The Hall–Kier alpha value is -4.14. The fraction of sp³-hybridized carbons (Fsp3) is 0.0870. The molecule has 0 unspecified atom stereocenters. The second kappa shape index (κ2) is 7.23. The largest absolute Gasteiger partial charge is 0.417 e. The number of aromatic nitrogens is 4. The minimum absolute atomic E-state index is 0.180. The number of fused-ring (bicyclic) bond motifs is 2. The molecule has 5 rings (SSSR count). The quantitative estimate of drug-likeness (QED) is 0.341. The van der Waals surface area contributed by atoms with Crippen LogP contribution >= 0.6 is 0 Å². The van der Waals surface area contributed by atoms with Gasteiger partial charge in [0.25, 0.3) is 5.91 Å². The van der Waals surface area contributed by atoms with Crippen molar-refractivity contribution in [2.45, 2.75) is 13.1 Å². The van der Waals surface area contributed by atoms with Gasteiger partial charge in [-0.05, 0) is 36.8 Å². The number of carbonyl (C=O) groups excluding carboxylic acids is 1. The van der Waals surface area contributed by atoms with Gasteiger partial charge in [-0.15, -0.1) is 0 Å². The number of carbonyl (C=O) groups is 1. The molecule has 0 fully saturated rings. The van der Waals surface area contributed by atoms with Gasteiger partial charge >= 0.3 is 6.18 Å². The Morgan fingerprint density at radius 2 is 1.81 bits per heavy atom. The number of amides is 1. The van der Waals surface area contributed by atoms with Crippen molar-refractivity contribution in [3.63, 3.8) is 0 Å². The molecular formula is C23H16F3N5O. The van der Waals surface area contributed by atoms with Gasteiger partial charge in [0, 0.05) is 22.0 Å². The van der Waals surface area contributed by atoms with Crippen molar-refractivity contribution >= 4 is 33.4 Å². The lowest BCUT2D eigenvalue weighted by Gasteiger charge is -2.16. The number of aryl methyl sites for hydroxylation is 1. The Kier molecular flexibility index (Phi) is 4.47. The number of nitrogens with one attached hydrogen (secondary N) is 3. The number of nitrogens with zero attached hydrogens (tertiary/aromatic N) is 2. The van der Waals surface area contributed by atoms with Crippen LogP contribution in [0.15, 0.2) is 60.8 Å². The molecule has 1 amide bonds. The highest BCUT2D eigenvalue weighted by Gasteiger charge is 2.37. The number of halogens is 3. The van der Waals surface area contributed by atoms with Gasteiger partial charge in [-0.3, -0.25) is 15.0 Å². The molecule has 32 heavy (non-hydrogen) atoms. The van der Waals surface area contributed by atoms with Gasteiger partial charge in [0.15, 0.2) is 0 Å². The third kappa shape index (κ3) is 3.27. The maximum absolute atomic E-state index is 13.7. The smallest absolute Gasteiger partial charge is 0.322 e. The summed E-state index contributed by atoms with van der Waals surface area (Å²) < 4.78 is 41.2. The molecule has 0 saturated heterocycles. The maximum atomic E-state index is 13.7. The van der Waals surface area contributed by atoms with E-state index in [1.165, 1.54) is 13.1 Å². The Morgan fingerprint density at radius 1 is 1.03 bits per heavy atom. The number of H-pyrrole nitrogens is 2. The van der Waals surface area contributed by atoms with Crippen molar-refractivity contribution < 1.29 is 18.0 Å². The summed E-state index contributed by atoms with van der Waals surface area (Å²) in [4.78, 5) is 13.0. The number of anilines is 1. The number of benzene rings is 3. The monoisotopic (exact) mass is 435 g/mol. The number of aromatic amines is 2. The van der Waals surface area contributed by atoms with Gasteiger partial charge in [0.05, 0.1) is 34.1 Å². The normalized spacial score (nSPS) is 11.9. The summed E-state index contributed by atoms with van der Waals surface area (Å²) in [6.07, 6.45) is -3.39. The van der Waals surface area contributed by atoms with Crippen LogP contribution in [0.5, 0.6) is 0 Å². The molecular weight excluding hydrogens is 419 g/mol. The van der Waals surface area contributed by atoms with Crippen molar-refractivity contribution in [2.24, 2.45) is 0 Å². The van der Waals surface area contributed by atoms with Gasteiger partial charge in [0.2, 0.25) is 0 Å². The van der Waals surface area contributed by atoms with E-state index >= 15 is 0 Å². The van der Waals surface area contributed by atoms with E-state index in [0.29, 0.717) is 22.3 Å². The van der Waals surface area contributed by atoms with Crippen molar-refractivity contribution in [2.75, 3.05) is 5.32 Å². The molecule has 0 atom stereocenters. The summed E-state index contributed by atoms with van der Waals surface area (Å²) in [5, 5.41) is 17.4. The minimum atomic E-state index is -4.70. The molecule has 0 aliphatic rings. The summed E-state index contributed by atoms with van der Waals surface area (Å²) >= 11 is 0. The van der Waals surface area contributed by atoms with Crippen LogP contribution in [-0.2, 0) is 6.18 Å². The predicted molar refractivity (Wildman–Crippen MR) is 115 cm³/mol. The van der Waals surface area contributed by atoms with E-state index in [0.717, 1.165) is 22.5 Å². The van der Waals surface area contributed by atoms with Crippen LogP contribution in [0, 0.1) is 6.92 Å². The summed E-state index contributed by atoms with van der Waals surface area (Å²) in [6.45, 7) is 1.47. The lowest BCUT2D eigenvalue weighted by molar-refractivity contribution is -0.137. The van der Waals surface area contributed by atoms with Crippen molar-refractivity contribution in [1.29, 1.82) is 0 Å². The molecule has 160 valence electrons. The van der Waals surface area contributed by atoms with E-state index in [1.807, 2.05) is 30.3 Å². The Balaban J connectivity index is 1.57. The van der Waals surface area contributed by atoms with Crippen LogP contribution in [0.1, 0.15) is 21.5 Å². The van der Waals surface area contributed by atoms with E-state index in [9.17, 15) is 18.0 Å². The highest BCUT2D eigenvalue weighted by molar-refractivity contribution is 6.10. The Labute approximate surface area is 179 Å². The van der Waals surface area contributed by atoms with Gasteiger partial charge in [-0.2, -0.15) is 23.4 Å². The van der Waals surface area contributed by atoms with Crippen LogP contribution in [0.25, 0.3) is 33.1 Å². The van der Waals surface area contributed by atoms with Crippen LogP contribution < -0.4 is 5.32 Å². The average molecular weight is 435 g/mol. The average Bonchev–Trinajstić information content (AvgIpc) is 3.40. The first kappa shape index (κ1) is 19.8. The van der Waals surface area contributed by atoms with Gasteiger partial charge in [0.1, 0.15) is 0 Å². The van der Waals surface area contributed by atoms with E-state index in [-0.39, 0.29) is 5.56 Å². The number of hydrogen-bond acceptors (Lipinski definition) is 3. The first-order chi connectivity index (χ1) is 15.3. The highest BCUT2D eigenvalue weighted by atomic mass is 19.4. The topological polar surface area (TPSA) is 86.5 Å². The molecule has 3 aromatic carbocycles. The Morgan fingerprint density at radius 3 is 2.56 bits per heavy atom. The lowest BCUT2D eigenvalue weighted by Crippen LogP contribution is -2.20. The zero-order valence-corrected chi connectivity index (χ0v) is 16.7. The highest BCUT2D eigenvalue weighted by Crippen LogP contribution is 2.37. The van der Waals surface area contributed by atoms with Gasteiger partial charge in [-0.1, -0.05) is 30.3 Å². The van der Waals surface area contributed by atoms with Crippen molar-refractivity contribution in [3.8, 4) is 11.3 Å². The van der Waals surface area contributed by atoms with Crippen molar-refractivity contribution in [1.82, 2.24) is 20.4 Å². The summed E-state index contributed by atoms with van der Waals surface area (Å²) in [6, 6.07) is 15.4. The van der Waals surface area contributed by atoms with E-state index < -0.39 is 23.2 Å². The number of hydrogen-bond donors (Lipinski definition) is 3. The molecule has 2 heterocycles. The van der Waals surface area contributed by atoms with E-state index in [1.54, 1.807) is 18.2 Å². The number of alkyl halides is 3. The van der Waals surface area contributed by atoms with E-state index in [2.05, 4.69) is 25.7 Å². The zero-order valence-electron chi connectivity index (χ0n) is 16.7. The fourth-order valence-electron chi connectivity index (χ4n) is 3.88. The maximum Gasteiger partial charge on any atom is 0.417 e.